The Morgan fingerprint density at radius 2 is 1.96 bits per heavy atom. The minimum atomic E-state index is -3.73. The molecule has 146 valence electrons. The number of sulfonamides is 1. The van der Waals surface area contributed by atoms with E-state index in [0.717, 1.165) is 11.1 Å². The van der Waals surface area contributed by atoms with Crippen LogP contribution < -0.4 is 10.1 Å². The van der Waals surface area contributed by atoms with E-state index in [1.54, 1.807) is 29.7 Å². The lowest BCUT2D eigenvalue weighted by Crippen LogP contribution is -2.48. The molecule has 2 heterocycles. The fourth-order valence-electron chi connectivity index (χ4n) is 3.82. The van der Waals surface area contributed by atoms with Gasteiger partial charge in [0.05, 0.1) is 23.6 Å². The number of hydrogen-bond acceptors (Lipinski definition) is 5. The topological polar surface area (TPSA) is 71.5 Å². The number of ether oxygens (including phenoxy) is 1. The summed E-state index contributed by atoms with van der Waals surface area (Å²) in [5.74, 6) is 0.687. The Labute approximate surface area is 165 Å². The first-order valence-electron chi connectivity index (χ1n) is 9.24. The van der Waals surface area contributed by atoms with Crippen molar-refractivity contribution in [3.8, 4) is 5.75 Å². The number of piperazine rings is 1. The second-order valence-corrected chi connectivity index (χ2v) is 8.72. The molecule has 1 aromatic heterocycles. The third kappa shape index (κ3) is 3.15. The lowest BCUT2D eigenvalue weighted by Gasteiger charge is -2.36. The Morgan fingerprint density at radius 1 is 1.14 bits per heavy atom. The van der Waals surface area contributed by atoms with E-state index in [-0.39, 0.29) is 6.04 Å². The van der Waals surface area contributed by atoms with Crippen molar-refractivity contribution < 1.29 is 13.2 Å². The largest absolute Gasteiger partial charge is 0.496 e. The number of pyridine rings is 1. The van der Waals surface area contributed by atoms with Crippen LogP contribution in [-0.4, -0.2) is 44.5 Å². The van der Waals surface area contributed by atoms with Gasteiger partial charge >= 0.3 is 0 Å². The summed E-state index contributed by atoms with van der Waals surface area (Å²) in [5, 5.41) is 3.96. The molecule has 0 amide bonds. The van der Waals surface area contributed by atoms with Crippen molar-refractivity contribution in [2.24, 2.45) is 0 Å². The molecule has 0 spiro atoms. The number of benzene rings is 2. The zero-order valence-corrected chi connectivity index (χ0v) is 16.7. The van der Waals surface area contributed by atoms with Crippen LogP contribution in [0.5, 0.6) is 5.75 Å². The Kier molecular flexibility index (Phi) is 5.05. The highest BCUT2D eigenvalue weighted by Crippen LogP contribution is 2.35. The first-order valence-corrected chi connectivity index (χ1v) is 10.7. The van der Waals surface area contributed by atoms with Gasteiger partial charge in [0.2, 0.25) is 10.0 Å². The molecule has 1 N–H and O–H groups in total. The van der Waals surface area contributed by atoms with E-state index in [0.29, 0.717) is 41.2 Å². The molecule has 0 saturated carbocycles. The van der Waals surface area contributed by atoms with Gasteiger partial charge in [-0.2, -0.15) is 4.31 Å². The fourth-order valence-corrected chi connectivity index (χ4v) is 5.61. The molecule has 28 heavy (non-hydrogen) atoms. The predicted molar refractivity (Wildman–Crippen MR) is 109 cm³/mol. The number of methoxy groups -OCH3 is 1. The van der Waals surface area contributed by atoms with Crippen molar-refractivity contribution in [2.75, 3.05) is 26.7 Å². The van der Waals surface area contributed by atoms with Crippen molar-refractivity contribution in [1.29, 1.82) is 0 Å². The molecule has 1 fully saturated rings. The first kappa shape index (κ1) is 18.9. The van der Waals surface area contributed by atoms with E-state index >= 15 is 0 Å². The van der Waals surface area contributed by atoms with E-state index in [4.69, 9.17) is 4.74 Å². The maximum absolute atomic E-state index is 13.7. The fraction of sp³-hybridized carbons (Fsp3) is 0.286. The van der Waals surface area contributed by atoms with Crippen molar-refractivity contribution in [3.63, 3.8) is 0 Å². The molecule has 6 nitrogen and oxygen atoms in total. The predicted octanol–water partition coefficient (Wildman–Crippen LogP) is 2.89. The summed E-state index contributed by atoms with van der Waals surface area (Å²) < 4.78 is 34.5. The van der Waals surface area contributed by atoms with Crippen LogP contribution in [0.4, 0.5) is 0 Å². The number of nitrogens with one attached hydrogen (secondary N) is 1. The number of rotatable bonds is 4. The highest BCUT2D eigenvalue weighted by molar-refractivity contribution is 7.89. The first-order chi connectivity index (χ1) is 13.5. The maximum Gasteiger partial charge on any atom is 0.244 e. The SMILES string of the molecule is COc1ccccc1C1CNCCN1S(=O)(=O)c1ccc(C)c2ncccc12. The van der Waals surface area contributed by atoms with Crippen molar-refractivity contribution >= 4 is 20.9 Å². The summed E-state index contributed by atoms with van der Waals surface area (Å²) in [6.07, 6.45) is 1.69. The Morgan fingerprint density at radius 3 is 2.79 bits per heavy atom. The van der Waals surface area contributed by atoms with Crippen LogP contribution in [0.3, 0.4) is 0 Å². The van der Waals surface area contributed by atoms with Crippen LogP contribution in [0.25, 0.3) is 10.9 Å². The van der Waals surface area contributed by atoms with Gasteiger partial charge in [0.1, 0.15) is 5.75 Å². The van der Waals surface area contributed by atoms with Gasteiger partial charge in [0, 0.05) is 36.8 Å². The van der Waals surface area contributed by atoms with Gasteiger partial charge in [0.15, 0.2) is 0 Å². The molecule has 1 aliphatic rings. The quantitative estimate of drug-likeness (QED) is 0.733. The third-order valence-corrected chi connectivity index (χ3v) is 7.18. The van der Waals surface area contributed by atoms with E-state index < -0.39 is 10.0 Å². The number of fused-ring (bicyclic) bond motifs is 1. The van der Waals surface area contributed by atoms with E-state index in [1.165, 1.54) is 0 Å². The molecular weight excluding hydrogens is 374 g/mol. The van der Waals surface area contributed by atoms with Crippen molar-refractivity contribution in [1.82, 2.24) is 14.6 Å². The third-order valence-electron chi connectivity index (χ3n) is 5.21. The Hall–Kier alpha value is -2.48. The summed E-state index contributed by atoms with van der Waals surface area (Å²) >= 11 is 0. The summed E-state index contributed by atoms with van der Waals surface area (Å²) in [4.78, 5) is 4.68. The molecule has 0 bridgehead atoms. The minimum Gasteiger partial charge on any atom is -0.496 e. The van der Waals surface area contributed by atoms with E-state index in [9.17, 15) is 8.42 Å². The number of aromatic nitrogens is 1. The van der Waals surface area contributed by atoms with E-state index in [1.807, 2.05) is 43.3 Å². The van der Waals surface area contributed by atoms with E-state index in [2.05, 4.69) is 10.3 Å². The van der Waals surface area contributed by atoms with Gasteiger partial charge in [-0.25, -0.2) is 8.42 Å². The summed E-state index contributed by atoms with van der Waals surface area (Å²) in [5.41, 5.74) is 2.53. The van der Waals surface area contributed by atoms with Crippen LogP contribution >= 0.6 is 0 Å². The molecular formula is C21H23N3O3S. The molecule has 0 radical (unpaired) electrons. The highest BCUT2D eigenvalue weighted by atomic mass is 32.2. The highest BCUT2D eigenvalue weighted by Gasteiger charge is 2.36. The van der Waals surface area contributed by atoms with Gasteiger partial charge in [0.25, 0.3) is 0 Å². The lowest BCUT2D eigenvalue weighted by atomic mass is 10.0. The van der Waals surface area contributed by atoms with Gasteiger partial charge in [-0.1, -0.05) is 24.3 Å². The zero-order chi connectivity index (χ0) is 19.7. The molecule has 1 aliphatic heterocycles. The second kappa shape index (κ2) is 7.50. The van der Waals surface area contributed by atoms with Crippen LogP contribution in [0.2, 0.25) is 0 Å². The smallest absolute Gasteiger partial charge is 0.244 e. The minimum absolute atomic E-state index is 0.294. The van der Waals surface area contributed by atoms with Crippen LogP contribution in [0.15, 0.2) is 59.6 Å². The van der Waals surface area contributed by atoms with Crippen LogP contribution in [0, 0.1) is 6.92 Å². The summed E-state index contributed by atoms with van der Waals surface area (Å²) in [7, 11) is -2.13. The molecule has 0 aliphatic carbocycles. The van der Waals surface area contributed by atoms with Crippen molar-refractivity contribution in [2.45, 2.75) is 17.9 Å². The average molecular weight is 398 g/mol. The average Bonchev–Trinajstić information content (AvgIpc) is 2.74. The number of para-hydroxylation sites is 1. The van der Waals surface area contributed by atoms with Gasteiger partial charge in [-0.3, -0.25) is 4.98 Å². The molecule has 1 saturated heterocycles. The summed E-state index contributed by atoms with van der Waals surface area (Å²) in [6, 6.07) is 14.3. The number of aryl methyl sites for hydroxylation is 1. The van der Waals surface area contributed by atoms with Crippen molar-refractivity contribution in [3.05, 3.63) is 65.9 Å². The lowest BCUT2D eigenvalue weighted by molar-refractivity contribution is 0.265. The zero-order valence-electron chi connectivity index (χ0n) is 15.9. The Bertz CT molecular complexity index is 1110. The molecule has 1 unspecified atom stereocenters. The summed E-state index contributed by atoms with van der Waals surface area (Å²) in [6.45, 7) is 3.46. The molecule has 2 aromatic carbocycles. The standard InChI is InChI=1S/C21H23N3O3S/c1-15-9-10-20(17-7-5-11-23-21(15)17)28(25,26)24-13-12-22-14-18(24)16-6-3-4-8-19(16)27-2/h3-11,18,22H,12-14H2,1-2H3. The maximum atomic E-state index is 13.7. The normalized spacial score (nSPS) is 18.3. The van der Waals surface area contributed by atoms with Gasteiger partial charge in [-0.15, -0.1) is 0 Å². The number of hydrogen-bond donors (Lipinski definition) is 1. The molecule has 7 heteroatoms. The van der Waals surface area contributed by atoms with Crippen LogP contribution in [0.1, 0.15) is 17.2 Å². The van der Waals surface area contributed by atoms with Gasteiger partial charge in [-0.05, 0) is 36.8 Å². The molecule has 1 atom stereocenters. The molecule has 4 rings (SSSR count). The number of nitrogens with zero attached hydrogens (tertiary/aromatic N) is 2. The second-order valence-electron chi connectivity index (χ2n) is 6.86. The Balaban J connectivity index is 1.85. The van der Waals surface area contributed by atoms with Gasteiger partial charge < -0.3 is 10.1 Å². The monoisotopic (exact) mass is 397 g/mol. The molecule has 3 aromatic rings. The van der Waals surface area contributed by atoms with Crippen LogP contribution in [-0.2, 0) is 10.0 Å².